The van der Waals surface area contributed by atoms with Gasteiger partial charge in [0.1, 0.15) is 0 Å². The van der Waals surface area contributed by atoms with Gasteiger partial charge in [-0.1, -0.05) is 38.8 Å². The van der Waals surface area contributed by atoms with Gasteiger partial charge in [0.2, 0.25) is 0 Å². The van der Waals surface area contributed by atoms with Crippen LogP contribution in [0.15, 0.2) is 11.1 Å². The number of nitriles is 1. The van der Waals surface area contributed by atoms with Crippen molar-refractivity contribution in [3.63, 3.8) is 0 Å². The molecule has 1 rings (SSSR count). The molecule has 1 aliphatic rings. The van der Waals surface area contributed by atoms with E-state index in [1.54, 1.807) is 11.1 Å². The number of rotatable bonds is 4. The minimum atomic E-state index is 0.566. The van der Waals surface area contributed by atoms with Gasteiger partial charge in [-0.05, 0) is 18.3 Å². The van der Waals surface area contributed by atoms with Gasteiger partial charge in [-0.15, -0.1) is 0 Å². The summed E-state index contributed by atoms with van der Waals surface area (Å²) in [6.07, 6.45) is 1.20. The van der Waals surface area contributed by atoms with Gasteiger partial charge in [0.05, 0.1) is 12.6 Å². The summed E-state index contributed by atoms with van der Waals surface area (Å²) in [5.74, 6) is 1.30. The molecule has 1 unspecified atom stereocenters. The fourth-order valence-electron chi connectivity index (χ4n) is 2.22. The molecule has 2 nitrogen and oxygen atoms in total. The van der Waals surface area contributed by atoms with Crippen molar-refractivity contribution in [1.29, 1.82) is 5.26 Å². The first-order valence-electron chi connectivity index (χ1n) is 5.91. The van der Waals surface area contributed by atoms with Crippen molar-refractivity contribution in [3.8, 4) is 6.07 Å². The molecule has 0 N–H and O–H groups in total. The smallest absolute Gasteiger partial charge is 0.0871 e. The summed E-state index contributed by atoms with van der Waals surface area (Å²) >= 11 is 0. The van der Waals surface area contributed by atoms with E-state index >= 15 is 0 Å². The molecule has 15 heavy (non-hydrogen) atoms. The first-order valence-corrected chi connectivity index (χ1v) is 5.91. The van der Waals surface area contributed by atoms with E-state index in [0.717, 1.165) is 13.1 Å². The average molecular weight is 206 g/mol. The first-order chi connectivity index (χ1) is 7.10. The van der Waals surface area contributed by atoms with Crippen molar-refractivity contribution in [2.75, 3.05) is 19.6 Å². The van der Waals surface area contributed by atoms with Crippen LogP contribution in [0.1, 0.15) is 34.1 Å². The molecule has 0 aromatic rings. The van der Waals surface area contributed by atoms with Crippen LogP contribution in [0.25, 0.3) is 0 Å². The van der Waals surface area contributed by atoms with Crippen molar-refractivity contribution in [2.24, 2.45) is 11.8 Å². The molecule has 84 valence electrons. The second kappa shape index (κ2) is 5.32. The Morgan fingerprint density at radius 2 is 1.87 bits per heavy atom. The summed E-state index contributed by atoms with van der Waals surface area (Å²) < 4.78 is 0. The fourth-order valence-corrected chi connectivity index (χ4v) is 2.22. The number of hydrogen-bond donors (Lipinski definition) is 0. The molecular formula is C13H22N2. The van der Waals surface area contributed by atoms with Gasteiger partial charge in [-0.2, -0.15) is 5.26 Å². The Bertz CT molecular complexity index is 283. The number of nitrogens with zero attached hydrogens (tertiary/aromatic N) is 2. The lowest BCUT2D eigenvalue weighted by atomic mass is 9.91. The molecule has 0 spiro atoms. The van der Waals surface area contributed by atoms with Crippen LogP contribution in [0.4, 0.5) is 0 Å². The van der Waals surface area contributed by atoms with Gasteiger partial charge in [-0.25, -0.2) is 0 Å². The predicted octanol–water partition coefficient (Wildman–Crippen LogP) is 2.82. The maximum Gasteiger partial charge on any atom is 0.0871 e. The van der Waals surface area contributed by atoms with Crippen LogP contribution >= 0.6 is 0 Å². The van der Waals surface area contributed by atoms with E-state index in [1.165, 1.54) is 6.42 Å². The highest BCUT2D eigenvalue weighted by Crippen LogP contribution is 2.30. The van der Waals surface area contributed by atoms with Crippen LogP contribution in [0.5, 0.6) is 0 Å². The molecular weight excluding hydrogens is 184 g/mol. The van der Waals surface area contributed by atoms with Crippen LogP contribution in [0.2, 0.25) is 0 Å². The van der Waals surface area contributed by atoms with Crippen molar-refractivity contribution in [3.05, 3.63) is 11.1 Å². The second-order valence-electron chi connectivity index (χ2n) is 4.82. The molecule has 0 bridgehead atoms. The predicted molar refractivity (Wildman–Crippen MR) is 63.4 cm³/mol. The van der Waals surface area contributed by atoms with E-state index in [9.17, 15) is 0 Å². The highest BCUT2D eigenvalue weighted by molar-refractivity contribution is 5.26. The summed E-state index contributed by atoms with van der Waals surface area (Å²) in [5, 5.41) is 8.72. The lowest BCUT2D eigenvalue weighted by Gasteiger charge is -2.15. The molecule has 1 atom stereocenters. The molecule has 0 aromatic carbocycles. The Hall–Kier alpha value is -0.810. The van der Waals surface area contributed by atoms with Crippen LogP contribution in [0, 0.1) is 23.2 Å². The van der Waals surface area contributed by atoms with Gasteiger partial charge in [0.25, 0.3) is 0 Å². The van der Waals surface area contributed by atoms with Gasteiger partial charge in [-0.3, -0.25) is 4.90 Å². The molecule has 1 aliphatic heterocycles. The maximum absolute atomic E-state index is 8.72. The van der Waals surface area contributed by atoms with E-state index in [0.29, 0.717) is 18.4 Å². The quantitative estimate of drug-likeness (QED) is 0.522. The minimum Gasteiger partial charge on any atom is -0.283 e. The normalized spacial score (nSPS) is 19.7. The third kappa shape index (κ3) is 2.82. The zero-order valence-electron chi connectivity index (χ0n) is 10.4. The summed E-state index contributed by atoms with van der Waals surface area (Å²) in [5.41, 5.74) is 3.15. The summed E-state index contributed by atoms with van der Waals surface area (Å²) in [4.78, 5) is 2.25. The van der Waals surface area contributed by atoms with Crippen LogP contribution < -0.4 is 0 Å². The van der Waals surface area contributed by atoms with E-state index in [2.05, 4.69) is 38.7 Å². The fraction of sp³-hybridized carbons (Fsp3) is 0.769. The van der Waals surface area contributed by atoms with Crippen LogP contribution in [0.3, 0.4) is 0 Å². The SMILES string of the molecule is CCC(C)C1=C(C(C)C)CN(CC#N)C1. The Kier molecular flexibility index (Phi) is 4.35. The van der Waals surface area contributed by atoms with E-state index in [4.69, 9.17) is 5.26 Å². The largest absolute Gasteiger partial charge is 0.283 e. The van der Waals surface area contributed by atoms with Crippen molar-refractivity contribution in [1.82, 2.24) is 4.90 Å². The van der Waals surface area contributed by atoms with E-state index < -0.39 is 0 Å². The monoisotopic (exact) mass is 206 g/mol. The molecule has 0 saturated heterocycles. The van der Waals surface area contributed by atoms with Crippen molar-refractivity contribution in [2.45, 2.75) is 34.1 Å². The molecule has 2 heteroatoms. The Balaban J connectivity index is 2.78. The minimum absolute atomic E-state index is 0.566. The molecule has 1 heterocycles. The lowest BCUT2D eigenvalue weighted by molar-refractivity contribution is 0.374. The molecule has 0 amide bonds. The standard InChI is InChI=1S/C13H22N2/c1-5-11(4)13-9-15(7-6-14)8-12(13)10(2)3/h10-11H,5,7-9H2,1-4H3. The molecule has 0 aromatic heterocycles. The third-order valence-corrected chi connectivity index (χ3v) is 3.40. The highest BCUT2D eigenvalue weighted by atomic mass is 15.1. The van der Waals surface area contributed by atoms with Crippen LogP contribution in [-0.2, 0) is 0 Å². The zero-order chi connectivity index (χ0) is 11.4. The van der Waals surface area contributed by atoms with Crippen molar-refractivity contribution >= 4 is 0 Å². The maximum atomic E-state index is 8.72. The zero-order valence-corrected chi connectivity index (χ0v) is 10.4. The highest BCUT2D eigenvalue weighted by Gasteiger charge is 2.25. The van der Waals surface area contributed by atoms with Gasteiger partial charge >= 0.3 is 0 Å². The van der Waals surface area contributed by atoms with Gasteiger partial charge < -0.3 is 0 Å². The molecule has 0 fully saturated rings. The van der Waals surface area contributed by atoms with Gasteiger partial charge in [0.15, 0.2) is 0 Å². The Morgan fingerprint density at radius 1 is 1.27 bits per heavy atom. The Labute approximate surface area is 93.6 Å². The summed E-state index contributed by atoms with van der Waals surface area (Å²) in [6, 6.07) is 2.25. The molecule has 0 saturated carbocycles. The van der Waals surface area contributed by atoms with E-state index in [-0.39, 0.29) is 0 Å². The molecule has 0 radical (unpaired) electrons. The molecule has 0 aliphatic carbocycles. The third-order valence-electron chi connectivity index (χ3n) is 3.40. The van der Waals surface area contributed by atoms with Crippen LogP contribution in [-0.4, -0.2) is 24.5 Å². The van der Waals surface area contributed by atoms with Crippen molar-refractivity contribution < 1.29 is 0 Å². The lowest BCUT2D eigenvalue weighted by Crippen LogP contribution is -2.22. The second-order valence-corrected chi connectivity index (χ2v) is 4.82. The van der Waals surface area contributed by atoms with Gasteiger partial charge in [0, 0.05) is 13.1 Å². The average Bonchev–Trinajstić information content (AvgIpc) is 2.61. The number of hydrogen-bond acceptors (Lipinski definition) is 2. The Morgan fingerprint density at radius 3 is 2.33 bits per heavy atom. The first kappa shape index (κ1) is 12.3. The summed E-state index contributed by atoms with van der Waals surface area (Å²) in [6.45, 7) is 11.6. The summed E-state index contributed by atoms with van der Waals surface area (Å²) in [7, 11) is 0. The van der Waals surface area contributed by atoms with E-state index in [1.807, 2.05) is 0 Å². The topological polar surface area (TPSA) is 27.0 Å².